The highest BCUT2D eigenvalue weighted by Gasteiger charge is 2.14. The Morgan fingerprint density at radius 2 is 1.74 bits per heavy atom. The van der Waals surface area contributed by atoms with Crippen LogP contribution in [0.5, 0.6) is 0 Å². The Labute approximate surface area is 239 Å². The van der Waals surface area contributed by atoms with E-state index in [4.69, 9.17) is 11.6 Å². The fourth-order valence-electron chi connectivity index (χ4n) is 4.24. The first-order chi connectivity index (χ1) is 18.4. The van der Waals surface area contributed by atoms with E-state index < -0.39 is 0 Å². The highest BCUT2D eigenvalue weighted by atomic mass is 35.5. The average Bonchev–Trinajstić information content (AvgIpc) is 2.92. The third kappa shape index (κ3) is 6.63. The third-order valence-corrected chi connectivity index (χ3v) is 6.64. The number of fused-ring (bicyclic) bond motifs is 1. The molecule has 0 saturated heterocycles. The number of benzene rings is 3. The number of aromatic nitrogens is 1. The Bertz CT molecular complexity index is 1530. The number of likely N-dealkylation sites (N-methyl/N-ethyl adjacent to an activating group) is 1. The van der Waals surface area contributed by atoms with Crippen molar-refractivity contribution in [2.45, 2.75) is 6.17 Å². The number of hydrogen-bond acceptors (Lipinski definition) is 5. The molecule has 1 aromatic heterocycles. The van der Waals surface area contributed by atoms with Crippen LogP contribution in [-0.4, -0.2) is 38.1 Å². The smallest absolute Gasteiger partial charge is 0.255 e. The lowest BCUT2D eigenvalue weighted by molar-refractivity contribution is -0.344. The van der Waals surface area contributed by atoms with Gasteiger partial charge in [-0.3, -0.25) is 4.79 Å². The van der Waals surface area contributed by atoms with Crippen molar-refractivity contribution in [1.29, 1.82) is 0 Å². The van der Waals surface area contributed by atoms with Crippen molar-refractivity contribution in [3.05, 3.63) is 108 Å². The summed E-state index contributed by atoms with van der Waals surface area (Å²) < 4.78 is 0. The lowest BCUT2D eigenvalue weighted by atomic mass is 10.1. The maximum atomic E-state index is 13.0. The number of halogens is 2. The molecule has 39 heavy (non-hydrogen) atoms. The zero-order chi connectivity index (χ0) is 26.6. The fourth-order valence-corrected chi connectivity index (χ4v) is 4.41. The summed E-state index contributed by atoms with van der Waals surface area (Å²) >= 11 is 6.15. The monoisotopic (exact) mass is 560 g/mol. The number of nitrogens with zero attached hydrogens (tertiary/aromatic N) is 2. The first-order valence-electron chi connectivity index (χ1n) is 12.3. The van der Waals surface area contributed by atoms with Crippen LogP contribution in [0.15, 0.2) is 102 Å². The maximum Gasteiger partial charge on any atom is 0.255 e. The number of rotatable bonds is 7. The van der Waals surface area contributed by atoms with Crippen LogP contribution in [0, 0.1) is 0 Å². The molecule has 5 rings (SSSR count). The number of amides is 1. The van der Waals surface area contributed by atoms with Crippen molar-refractivity contribution in [3.8, 4) is 0 Å². The lowest BCUT2D eigenvalue weighted by Gasteiger charge is -2.28. The van der Waals surface area contributed by atoms with E-state index in [1.165, 1.54) is 0 Å². The van der Waals surface area contributed by atoms with E-state index in [-0.39, 0.29) is 24.5 Å². The average molecular weight is 562 g/mol. The second-order valence-corrected chi connectivity index (χ2v) is 9.81. The first-order valence-corrected chi connectivity index (χ1v) is 12.7. The summed E-state index contributed by atoms with van der Waals surface area (Å²) in [5.41, 5.74) is 6.20. The topological polar surface area (TPSA) is 73.8 Å². The molecule has 1 amide bonds. The molecule has 1 atom stereocenters. The minimum atomic E-state index is -0.180. The molecule has 1 aliphatic rings. The quantitative estimate of drug-likeness (QED) is 0.324. The maximum absolute atomic E-state index is 13.0. The van der Waals surface area contributed by atoms with Gasteiger partial charge in [0.25, 0.3) is 5.91 Å². The van der Waals surface area contributed by atoms with E-state index in [1.54, 1.807) is 6.07 Å². The molecule has 0 saturated carbocycles. The van der Waals surface area contributed by atoms with Crippen molar-refractivity contribution >= 4 is 56.8 Å². The van der Waals surface area contributed by atoms with Crippen molar-refractivity contribution < 1.29 is 22.2 Å². The summed E-state index contributed by atoms with van der Waals surface area (Å²) in [7, 11) is 6.02. The molecule has 0 spiro atoms. The molecule has 2 heterocycles. The zero-order valence-electron chi connectivity index (χ0n) is 21.9. The molecular formula is C30H30Cl2N6O. The molecule has 0 fully saturated rings. The van der Waals surface area contributed by atoms with Crippen molar-refractivity contribution in [2.75, 3.05) is 42.0 Å². The van der Waals surface area contributed by atoms with Gasteiger partial charge in [-0.25, -0.2) is 4.98 Å². The van der Waals surface area contributed by atoms with Gasteiger partial charge in [-0.2, -0.15) is 0 Å². The van der Waals surface area contributed by atoms with Crippen molar-refractivity contribution in [3.63, 3.8) is 0 Å². The van der Waals surface area contributed by atoms with E-state index in [9.17, 15) is 4.79 Å². The molecule has 0 aliphatic carbocycles. The van der Waals surface area contributed by atoms with Crippen LogP contribution in [0.1, 0.15) is 10.4 Å². The molecule has 0 radical (unpaired) electrons. The van der Waals surface area contributed by atoms with Gasteiger partial charge in [0, 0.05) is 72.8 Å². The van der Waals surface area contributed by atoms with Crippen LogP contribution < -0.4 is 38.2 Å². The Hall–Kier alpha value is -4.20. The lowest BCUT2D eigenvalue weighted by Crippen LogP contribution is -3.00. The summed E-state index contributed by atoms with van der Waals surface area (Å²) in [4.78, 5) is 20.4. The number of aromatic amines is 1. The summed E-state index contributed by atoms with van der Waals surface area (Å²) in [6.45, 7) is 0. The summed E-state index contributed by atoms with van der Waals surface area (Å²) in [5, 5.41) is 11.6. The van der Waals surface area contributed by atoms with Gasteiger partial charge in [0.1, 0.15) is 6.17 Å². The number of nitrogens with one attached hydrogen (secondary N) is 4. The SMILES string of the molecule is CN(C)c1ccc2[nH+]ccc(Nc3ccc(NC(=O)c4cccc(NC5C=C(Cl)C=CN5C)c4)cc3)c2c1.[Cl-]. The van der Waals surface area contributed by atoms with Gasteiger partial charge in [0.15, 0.2) is 6.20 Å². The molecule has 3 aromatic carbocycles. The van der Waals surface area contributed by atoms with Gasteiger partial charge in [-0.1, -0.05) is 17.7 Å². The Morgan fingerprint density at radius 3 is 2.51 bits per heavy atom. The number of carbonyl (C=O) groups is 1. The van der Waals surface area contributed by atoms with Crippen LogP contribution in [-0.2, 0) is 0 Å². The van der Waals surface area contributed by atoms with Gasteiger partial charge in [-0.05, 0) is 66.7 Å². The number of anilines is 5. The van der Waals surface area contributed by atoms with E-state index >= 15 is 0 Å². The van der Waals surface area contributed by atoms with Gasteiger partial charge in [0.2, 0.25) is 5.52 Å². The standard InChI is InChI=1S/C30H29ClN6O.ClH/c1-36(2)25-11-12-27-26(19-25)28(13-15-32-27)33-22-7-9-23(10-8-22)35-30(38)20-5-4-6-24(17-20)34-29-18-21(31)14-16-37(29)3;/h4-19,29,34H,1-3H3,(H,32,33)(H,35,38);1H. The summed E-state index contributed by atoms with van der Waals surface area (Å²) in [6, 6.07) is 23.4. The first kappa shape index (κ1) is 27.8. The van der Waals surface area contributed by atoms with E-state index in [2.05, 4.69) is 44.0 Å². The molecule has 9 heteroatoms. The van der Waals surface area contributed by atoms with E-state index in [1.807, 2.05) is 99.1 Å². The summed E-state index contributed by atoms with van der Waals surface area (Å²) in [6.07, 6.45) is 7.49. The van der Waals surface area contributed by atoms with Crippen molar-refractivity contribution in [1.82, 2.24) is 4.90 Å². The van der Waals surface area contributed by atoms with E-state index in [0.29, 0.717) is 16.3 Å². The Kier molecular flexibility index (Phi) is 8.64. The van der Waals surface area contributed by atoms with Crippen LogP contribution in [0.25, 0.3) is 10.9 Å². The second kappa shape index (κ2) is 12.1. The largest absolute Gasteiger partial charge is 1.00 e. The Balaban J connectivity index is 0.00000353. The number of H-pyrrole nitrogens is 1. The molecule has 7 nitrogen and oxygen atoms in total. The predicted molar refractivity (Wildman–Crippen MR) is 157 cm³/mol. The molecular weight excluding hydrogens is 531 g/mol. The number of carbonyl (C=O) groups excluding carboxylic acids is 1. The van der Waals surface area contributed by atoms with Gasteiger partial charge < -0.3 is 38.2 Å². The number of hydrogen-bond donors (Lipinski definition) is 3. The van der Waals surface area contributed by atoms with Gasteiger partial charge in [0.05, 0.1) is 11.1 Å². The Morgan fingerprint density at radius 1 is 0.974 bits per heavy atom. The minimum absolute atomic E-state index is 0. The molecule has 4 N–H and O–H groups in total. The molecule has 200 valence electrons. The number of allylic oxidation sites excluding steroid dienone is 2. The predicted octanol–water partition coefficient (Wildman–Crippen LogP) is 3.04. The van der Waals surface area contributed by atoms with Crippen LogP contribution in [0.3, 0.4) is 0 Å². The van der Waals surface area contributed by atoms with E-state index in [0.717, 1.165) is 33.7 Å². The third-order valence-electron chi connectivity index (χ3n) is 6.38. The van der Waals surface area contributed by atoms with Gasteiger partial charge >= 0.3 is 0 Å². The molecule has 1 unspecified atom stereocenters. The normalized spacial score (nSPS) is 14.3. The van der Waals surface area contributed by atoms with Crippen LogP contribution in [0.4, 0.5) is 28.4 Å². The summed E-state index contributed by atoms with van der Waals surface area (Å²) in [5.74, 6) is -0.180. The molecule has 1 aliphatic heterocycles. The highest BCUT2D eigenvalue weighted by Crippen LogP contribution is 2.28. The minimum Gasteiger partial charge on any atom is -1.00 e. The highest BCUT2D eigenvalue weighted by molar-refractivity contribution is 6.31. The van der Waals surface area contributed by atoms with Crippen LogP contribution >= 0.6 is 11.6 Å². The zero-order valence-corrected chi connectivity index (χ0v) is 23.4. The fraction of sp³-hybridized carbons (Fsp3) is 0.133. The van der Waals surface area contributed by atoms with Crippen molar-refractivity contribution in [2.24, 2.45) is 0 Å². The van der Waals surface area contributed by atoms with Gasteiger partial charge in [-0.15, -0.1) is 0 Å². The number of pyridine rings is 1. The van der Waals surface area contributed by atoms with Crippen LogP contribution in [0.2, 0.25) is 0 Å². The molecule has 4 aromatic rings. The molecule has 0 bridgehead atoms. The second-order valence-electron chi connectivity index (χ2n) is 9.37.